The Kier molecular flexibility index (Phi) is 4.35. The molecule has 1 amide bonds. The van der Waals surface area contributed by atoms with Gasteiger partial charge in [-0.15, -0.1) is 0 Å². The fourth-order valence-electron chi connectivity index (χ4n) is 2.77. The van der Waals surface area contributed by atoms with Gasteiger partial charge in [-0.05, 0) is 22.7 Å². The second kappa shape index (κ2) is 6.42. The number of halogens is 1. The lowest BCUT2D eigenvalue weighted by Gasteiger charge is -2.21. The first kappa shape index (κ1) is 15.6. The molecular weight excluding hydrogens is 314 g/mol. The minimum atomic E-state index is -0.473. The van der Waals surface area contributed by atoms with Gasteiger partial charge >= 0.3 is 6.09 Å². The van der Waals surface area contributed by atoms with Crippen LogP contribution in [0.5, 0.6) is 0 Å². The molecule has 2 aromatic rings. The highest BCUT2D eigenvalue weighted by Crippen LogP contribution is 2.45. The van der Waals surface area contributed by atoms with Crippen LogP contribution in [0.4, 0.5) is 4.79 Å². The fourth-order valence-corrected chi connectivity index (χ4v) is 2.86. The van der Waals surface area contributed by atoms with E-state index in [0.29, 0.717) is 0 Å². The number of rotatable bonds is 4. The second-order valence-electron chi connectivity index (χ2n) is 5.46. The van der Waals surface area contributed by atoms with Crippen LogP contribution in [0, 0.1) is 0 Å². The Morgan fingerprint density at radius 2 is 1.57 bits per heavy atom. The van der Waals surface area contributed by atoms with Gasteiger partial charge in [0.1, 0.15) is 0 Å². The zero-order chi connectivity index (χ0) is 16.4. The summed E-state index contributed by atoms with van der Waals surface area (Å²) in [5, 5.41) is -0.471. The number of hydrogen-bond acceptors (Lipinski definition) is 3. The zero-order valence-corrected chi connectivity index (χ0v) is 13.4. The van der Waals surface area contributed by atoms with Crippen molar-refractivity contribution in [2.45, 2.75) is 12.5 Å². The third-order valence-electron chi connectivity index (χ3n) is 3.95. The lowest BCUT2D eigenvalue weighted by atomic mass is 10.1. The normalized spacial score (nSPS) is 12.4. The van der Waals surface area contributed by atoms with Gasteiger partial charge in [0.15, 0.2) is 6.10 Å². The van der Waals surface area contributed by atoms with E-state index < -0.39 is 17.4 Å². The predicted octanol–water partition coefficient (Wildman–Crippen LogP) is 3.98. The Morgan fingerprint density at radius 3 is 2.09 bits per heavy atom. The molecule has 0 radical (unpaired) electrons. The molecule has 0 aliphatic heterocycles. The molecule has 3 rings (SSSR count). The molecule has 0 saturated heterocycles. The molecule has 0 heterocycles. The maximum atomic E-state index is 12.3. The van der Waals surface area contributed by atoms with Crippen LogP contribution in [0.1, 0.15) is 23.7 Å². The first-order valence-corrected chi connectivity index (χ1v) is 7.74. The molecule has 0 unspecified atom stereocenters. The van der Waals surface area contributed by atoms with Crippen molar-refractivity contribution < 1.29 is 14.3 Å². The van der Waals surface area contributed by atoms with Gasteiger partial charge in [0.25, 0.3) is 0 Å². The minimum Gasteiger partial charge on any atom is -0.436 e. The molecule has 5 heteroatoms. The largest absolute Gasteiger partial charge is 0.436 e. The molecule has 0 spiro atoms. The highest BCUT2D eigenvalue weighted by molar-refractivity contribution is 6.63. The van der Waals surface area contributed by atoms with E-state index in [9.17, 15) is 9.59 Å². The number of amides is 1. The number of fused-ring (bicyclic) bond motifs is 3. The summed E-state index contributed by atoms with van der Waals surface area (Å²) in [4.78, 5) is 24.5. The van der Waals surface area contributed by atoms with E-state index in [4.69, 9.17) is 16.3 Å². The average molecular weight is 330 g/mol. The Morgan fingerprint density at radius 1 is 1.04 bits per heavy atom. The summed E-state index contributed by atoms with van der Waals surface area (Å²) in [5.41, 5.74) is 4.12. The van der Waals surface area contributed by atoms with Crippen LogP contribution in [0.3, 0.4) is 0 Å². The monoisotopic (exact) mass is 329 g/mol. The molecule has 0 bridgehead atoms. The maximum absolute atomic E-state index is 12.3. The van der Waals surface area contributed by atoms with Crippen molar-refractivity contribution in [3.8, 4) is 11.1 Å². The van der Waals surface area contributed by atoms with Crippen molar-refractivity contribution in [3.05, 3.63) is 59.7 Å². The van der Waals surface area contributed by atoms with E-state index >= 15 is 0 Å². The van der Waals surface area contributed by atoms with Gasteiger partial charge in [-0.1, -0.05) is 48.5 Å². The molecule has 1 aliphatic carbocycles. The van der Waals surface area contributed by atoms with Crippen molar-refractivity contribution in [1.82, 2.24) is 4.90 Å². The number of benzene rings is 2. The molecule has 0 saturated carbocycles. The van der Waals surface area contributed by atoms with E-state index in [2.05, 4.69) is 0 Å². The maximum Gasteiger partial charge on any atom is 0.410 e. The van der Waals surface area contributed by atoms with Crippen LogP contribution in [-0.2, 0) is 9.53 Å². The summed E-state index contributed by atoms with van der Waals surface area (Å²) in [7, 11) is 1.59. The molecule has 23 heavy (non-hydrogen) atoms. The fraction of sp³-hybridized carbons (Fsp3) is 0.222. The van der Waals surface area contributed by atoms with E-state index in [-0.39, 0.29) is 13.0 Å². The van der Waals surface area contributed by atoms with Crippen molar-refractivity contribution >= 4 is 22.9 Å². The molecule has 118 valence electrons. The van der Waals surface area contributed by atoms with E-state index in [1.807, 2.05) is 48.5 Å². The molecule has 2 aromatic carbocycles. The van der Waals surface area contributed by atoms with Gasteiger partial charge in [-0.25, -0.2) is 4.79 Å². The number of nitrogens with zero attached hydrogens (tertiary/aromatic N) is 1. The van der Waals surface area contributed by atoms with Gasteiger partial charge in [0.05, 0.1) is 0 Å². The summed E-state index contributed by atoms with van der Waals surface area (Å²) in [6.07, 6.45) is -0.797. The number of hydrogen-bond donors (Lipinski definition) is 0. The molecule has 4 nitrogen and oxygen atoms in total. The quantitative estimate of drug-likeness (QED) is 0.797. The zero-order valence-electron chi connectivity index (χ0n) is 12.7. The Bertz CT molecular complexity index is 714. The summed E-state index contributed by atoms with van der Waals surface area (Å²) < 4.78 is 5.69. The Labute approximate surface area is 139 Å². The number of carbonyl (C=O) groups excluding carboxylic acids is 2. The van der Waals surface area contributed by atoms with Crippen molar-refractivity contribution in [2.75, 3.05) is 13.6 Å². The lowest BCUT2D eigenvalue weighted by Crippen LogP contribution is -2.30. The lowest BCUT2D eigenvalue weighted by molar-refractivity contribution is -0.111. The average Bonchev–Trinajstić information content (AvgIpc) is 2.87. The molecular formula is C18H16ClNO3. The Hall–Kier alpha value is -2.33. The molecule has 0 atom stereocenters. The number of carbonyl (C=O) groups is 2. The summed E-state index contributed by atoms with van der Waals surface area (Å²) >= 11 is 5.31. The number of ether oxygens (including phenoxy) is 1. The van der Waals surface area contributed by atoms with Gasteiger partial charge in [0, 0.05) is 31.1 Å². The summed E-state index contributed by atoms with van der Waals surface area (Å²) in [5.74, 6) is 0. The standard InChI is InChI=1S/C18H16ClNO3/c1-20(11-10-16(19)21)18(22)23-17-14-8-4-2-6-12(14)13-7-3-5-9-15(13)17/h2-9,17H,10-11H2,1H3. The van der Waals surface area contributed by atoms with Crippen LogP contribution in [0.25, 0.3) is 11.1 Å². The SMILES string of the molecule is CN(CCC(=O)Cl)C(=O)OC1c2ccccc2-c2ccccc21. The van der Waals surface area contributed by atoms with Crippen LogP contribution in [0.15, 0.2) is 48.5 Å². The van der Waals surface area contributed by atoms with Crippen LogP contribution in [-0.4, -0.2) is 29.8 Å². The van der Waals surface area contributed by atoms with Crippen molar-refractivity contribution in [1.29, 1.82) is 0 Å². The Balaban J connectivity index is 1.83. The van der Waals surface area contributed by atoms with E-state index in [0.717, 1.165) is 22.3 Å². The highest BCUT2D eigenvalue weighted by atomic mass is 35.5. The summed E-state index contributed by atoms with van der Waals surface area (Å²) in [6, 6.07) is 15.8. The van der Waals surface area contributed by atoms with Crippen LogP contribution in [0.2, 0.25) is 0 Å². The molecule has 0 aromatic heterocycles. The van der Waals surface area contributed by atoms with Crippen LogP contribution < -0.4 is 0 Å². The highest BCUT2D eigenvalue weighted by Gasteiger charge is 2.31. The van der Waals surface area contributed by atoms with E-state index in [1.165, 1.54) is 4.90 Å². The van der Waals surface area contributed by atoms with Crippen molar-refractivity contribution in [2.24, 2.45) is 0 Å². The summed E-state index contributed by atoms with van der Waals surface area (Å²) in [6.45, 7) is 0.233. The van der Waals surface area contributed by atoms with Gasteiger partial charge < -0.3 is 9.64 Å². The molecule has 0 fully saturated rings. The predicted molar refractivity (Wildman–Crippen MR) is 88.3 cm³/mol. The first-order valence-electron chi connectivity index (χ1n) is 7.36. The van der Waals surface area contributed by atoms with Gasteiger partial charge in [-0.3, -0.25) is 4.79 Å². The van der Waals surface area contributed by atoms with Gasteiger partial charge in [-0.2, -0.15) is 0 Å². The molecule has 0 N–H and O–H groups in total. The minimum absolute atomic E-state index is 0.102. The van der Waals surface area contributed by atoms with Gasteiger partial charge in [0.2, 0.25) is 5.24 Å². The van der Waals surface area contributed by atoms with Crippen LogP contribution >= 0.6 is 11.6 Å². The third-order valence-corrected chi connectivity index (χ3v) is 4.14. The third kappa shape index (κ3) is 3.08. The van der Waals surface area contributed by atoms with Crippen molar-refractivity contribution in [3.63, 3.8) is 0 Å². The first-order chi connectivity index (χ1) is 11.1. The topological polar surface area (TPSA) is 46.6 Å². The molecule has 1 aliphatic rings. The smallest absolute Gasteiger partial charge is 0.410 e. The van der Waals surface area contributed by atoms with E-state index in [1.54, 1.807) is 7.05 Å². The second-order valence-corrected chi connectivity index (χ2v) is 5.89.